The van der Waals surface area contributed by atoms with Crippen LogP contribution in [0, 0.1) is 13.7 Å². The number of nitrogens with zero attached hydrogens (tertiary/aromatic N) is 1. The van der Waals surface area contributed by atoms with Gasteiger partial charge in [-0.15, -0.1) is 0 Å². The van der Waals surface area contributed by atoms with Crippen molar-refractivity contribution in [1.29, 1.82) is 0 Å². The summed E-state index contributed by atoms with van der Waals surface area (Å²) in [5.74, 6) is 0. The van der Waals surface area contributed by atoms with Crippen LogP contribution in [0.4, 0.5) is 0 Å². The van der Waals surface area contributed by atoms with Crippen LogP contribution in [0.3, 0.4) is 0 Å². The molecule has 0 radical (unpaired) electrons. The van der Waals surface area contributed by atoms with Crippen molar-refractivity contribution in [1.82, 2.24) is 4.98 Å². The second-order valence-corrected chi connectivity index (χ2v) is 4.93. The van der Waals surface area contributed by atoms with Gasteiger partial charge in [0.15, 0.2) is 0 Å². The van der Waals surface area contributed by atoms with Gasteiger partial charge in [0, 0.05) is 30.8 Å². The third-order valence-corrected chi connectivity index (χ3v) is 3.53. The topological polar surface area (TPSA) is 26.0 Å². The van der Waals surface area contributed by atoms with Gasteiger partial charge >= 0.3 is 0 Å². The Bertz CT molecular complexity index is 1160. The van der Waals surface area contributed by atoms with Crippen LogP contribution in [0.25, 0.3) is 33.2 Å². The van der Waals surface area contributed by atoms with Crippen molar-refractivity contribution >= 4 is 21.9 Å². The first kappa shape index (κ1) is 7.41. The molecule has 102 valence electrons. The molecule has 0 N–H and O–H groups in total. The van der Waals surface area contributed by atoms with E-state index in [2.05, 4.69) is 4.98 Å². The molecule has 0 atom stereocenters. The summed E-state index contributed by atoms with van der Waals surface area (Å²) >= 11 is 0. The summed E-state index contributed by atoms with van der Waals surface area (Å²) < 4.78 is 51.5. The molecule has 2 aromatic heterocycles. The van der Waals surface area contributed by atoms with Crippen molar-refractivity contribution in [2.75, 3.05) is 0 Å². The van der Waals surface area contributed by atoms with E-state index in [1.807, 2.05) is 12.1 Å². The average Bonchev–Trinajstić information content (AvgIpc) is 2.98. The Kier molecular flexibility index (Phi) is 1.57. The smallest absolute Gasteiger partial charge is 0.144 e. The van der Waals surface area contributed by atoms with Crippen molar-refractivity contribution in [2.45, 2.75) is 13.7 Å². The fourth-order valence-corrected chi connectivity index (χ4v) is 2.58. The van der Waals surface area contributed by atoms with Gasteiger partial charge in [-0.3, -0.25) is 4.98 Å². The molecule has 0 aliphatic rings. The van der Waals surface area contributed by atoms with Crippen LogP contribution in [0.2, 0.25) is 0 Å². The Morgan fingerprint density at radius 3 is 2.76 bits per heavy atom. The predicted octanol–water partition coefficient (Wildman–Crippen LogP) is 5.26. The molecule has 2 aromatic carbocycles. The molecule has 0 saturated carbocycles. The van der Waals surface area contributed by atoms with Crippen LogP contribution in [0.1, 0.15) is 19.4 Å². The summed E-state index contributed by atoms with van der Waals surface area (Å²) in [6.45, 7) is -4.44. The maximum absolute atomic E-state index is 7.59. The number of benzene rings is 2. The summed E-state index contributed by atoms with van der Waals surface area (Å²) in [4.78, 5) is 4.30. The Morgan fingerprint density at radius 2 is 1.86 bits per heavy atom. The fourth-order valence-electron chi connectivity index (χ4n) is 2.58. The van der Waals surface area contributed by atoms with E-state index in [0.717, 1.165) is 10.8 Å². The van der Waals surface area contributed by atoms with Gasteiger partial charge in [-0.05, 0) is 49.1 Å². The van der Waals surface area contributed by atoms with E-state index in [1.165, 1.54) is 24.4 Å². The van der Waals surface area contributed by atoms with Gasteiger partial charge in [0.1, 0.15) is 11.2 Å². The molecule has 4 aromatic rings. The van der Waals surface area contributed by atoms with Crippen molar-refractivity contribution in [3.05, 3.63) is 65.9 Å². The molecule has 2 nitrogen and oxygen atoms in total. The van der Waals surface area contributed by atoms with Crippen molar-refractivity contribution in [2.24, 2.45) is 0 Å². The summed E-state index contributed by atoms with van der Waals surface area (Å²) in [5, 5.41) is 1.62. The first-order valence-corrected chi connectivity index (χ1v) is 6.57. The van der Waals surface area contributed by atoms with E-state index in [9.17, 15) is 0 Å². The van der Waals surface area contributed by atoms with E-state index in [4.69, 9.17) is 12.6 Å². The van der Waals surface area contributed by atoms with Gasteiger partial charge in [-0.1, -0.05) is 24.3 Å². The van der Waals surface area contributed by atoms with Gasteiger partial charge < -0.3 is 4.42 Å². The molecule has 4 rings (SSSR count). The first-order chi connectivity index (χ1) is 12.6. The molecule has 2 heterocycles. The van der Waals surface area contributed by atoms with Gasteiger partial charge in [0.25, 0.3) is 0 Å². The SMILES string of the molecule is [2H]C([2H])([2H])c1ccnc(-c2cccc3c2oc2cc(C([2H])([2H])[2H])ccc23)c1. The molecule has 0 unspecified atom stereocenters. The van der Waals surface area contributed by atoms with Crippen LogP contribution >= 0.6 is 0 Å². The van der Waals surface area contributed by atoms with Gasteiger partial charge in [0.2, 0.25) is 0 Å². The summed E-state index contributed by atoms with van der Waals surface area (Å²) in [5.41, 5.74) is 2.57. The molecule has 0 fully saturated rings. The first-order valence-electron chi connectivity index (χ1n) is 9.57. The van der Waals surface area contributed by atoms with Crippen LogP contribution in [-0.4, -0.2) is 4.98 Å². The van der Waals surface area contributed by atoms with Crippen molar-refractivity contribution in [3.63, 3.8) is 0 Å². The summed E-state index contributed by atoms with van der Waals surface area (Å²) in [6, 6.07) is 13.4. The van der Waals surface area contributed by atoms with E-state index in [-0.39, 0.29) is 11.1 Å². The zero-order chi connectivity index (χ0) is 19.4. The quantitative estimate of drug-likeness (QED) is 0.474. The van der Waals surface area contributed by atoms with Gasteiger partial charge in [-0.25, -0.2) is 0 Å². The lowest BCUT2D eigenvalue weighted by Crippen LogP contribution is -1.84. The lowest BCUT2D eigenvalue weighted by atomic mass is 10.0. The number of para-hydroxylation sites is 1. The third kappa shape index (κ3) is 1.91. The number of hydrogen-bond donors (Lipinski definition) is 0. The molecule has 0 aliphatic carbocycles. The standard InChI is InChI=1S/C19H15NO/c1-12-6-7-14-15-4-3-5-16(19(15)21-18(14)11-12)17-10-13(2)8-9-20-17/h3-11H,1-2H3/i1D3,2D3. The minimum absolute atomic E-state index is 0.199. The monoisotopic (exact) mass is 279 g/mol. The average molecular weight is 279 g/mol. The molecule has 0 aliphatic heterocycles. The molecular weight excluding hydrogens is 258 g/mol. The minimum atomic E-state index is -2.23. The molecule has 2 heteroatoms. The van der Waals surface area contributed by atoms with E-state index in [0.29, 0.717) is 22.4 Å². The second-order valence-electron chi connectivity index (χ2n) is 4.93. The van der Waals surface area contributed by atoms with Crippen LogP contribution in [0.5, 0.6) is 0 Å². The molecule has 0 saturated heterocycles. The highest BCUT2D eigenvalue weighted by Gasteiger charge is 2.12. The molecule has 0 spiro atoms. The number of aryl methyl sites for hydroxylation is 2. The molecule has 0 amide bonds. The number of pyridine rings is 1. The van der Waals surface area contributed by atoms with Crippen molar-refractivity contribution < 1.29 is 12.6 Å². The Hall–Kier alpha value is -2.61. The maximum Gasteiger partial charge on any atom is 0.144 e. The summed E-state index contributed by atoms with van der Waals surface area (Å²) in [7, 11) is 0. The zero-order valence-electron chi connectivity index (χ0n) is 17.1. The van der Waals surface area contributed by atoms with Crippen LogP contribution in [0.15, 0.2) is 59.1 Å². The van der Waals surface area contributed by atoms with Gasteiger partial charge in [-0.2, -0.15) is 0 Å². The highest BCUT2D eigenvalue weighted by Crippen LogP contribution is 2.35. The molecular formula is C19H15NO. The Morgan fingerprint density at radius 1 is 0.952 bits per heavy atom. The van der Waals surface area contributed by atoms with E-state index >= 15 is 0 Å². The fraction of sp³-hybridized carbons (Fsp3) is 0.105. The number of fused-ring (bicyclic) bond motifs is 3. The van der Waals surface area contributed by atoms with Crippen LogP contribution in [-0.2, 0) is 0 Å². The lowest BCUT2D eigenvalue weighted by molar-refractivity contribution is 0.669. The third-order valence-electron chi connectivity index (χ3n) is 3.53. The largest absolute Gasteiger partial charge is 0.455 e. The highest BCUT2D eigenvalue weighted by atomic mass is 16.3. The van der Waals surface area contributed by atoms with Gasteiger partial charge in [0.05, 0.1) is 5.69 Å². The number of rotatable bonds is 1. The van der Waals surface area contributed by atoms with Crippen molar-refractivity contribution in [3.8, 4) is 11.3 Å². The maximum atomic E-state index is 7.59. The Balaban J connectivity index is 1.95. The predicted molar refractivity (Wildman–Crippen MR) is 86.4 cm³/mol. The lowest BCUT2D eigenvalue weighted by Gasteiger charge is -2.02. The van der Waals surface area contributed by atoms with Crippen LogP contribution < -0.4 is 0 Å². The minimum Gasteiger partial charge on any atom is -0.455 e. The zero-order valence-corrected chi connectivity index (χ0v) is 11.1. The molecule has 0 bridgehead atoms. The van der Waals surface area contributed by atoms with E-state index in [1.54, 1.807) is 18.2 Å². The number of hydrogen-bond acceptors (Lipinski definition) is 2. The summed E-state index contributed by atoms with van der Waals surface area (Å²) in [6.07, 6.45) is 1.46. The highest BCUT2D eigenvalue weighted by molar-refractivity contribution is 6.09. The number of furan rings is 1. The second kappa shape index (κ2) is 4.45. The Labute approximate surface area is 131 Å². The number of aromatic nitrogens is 1. The van der Waals surface area contributed by atoms with E-state index < -0.39 is 13.7 Å². The normalized spacial score (nSPS) is 16.8. The molecule has 21 heavy (non-hydrogen) atoms.